The van der Waals surface area contributed by atoms with Crippen molar-refractivity contribution in [3.8, 4) is 0 Å². The molecule has 4 fully saturated rings. The molecule has 0 atom stereocenters. The van der Waals surface area contributed by atoms with E-state index in [1.54, 1.807) is 0 Å². The summed E-state index contributed by atoms with van der Waals surface area (Å²) in [5, 5.41) is 0. The van der Waals surface area contributed by atoms with Gasteiger partial charge in [-0.15, -0.1) is 0 Å². The maximum Gasteiger partial charge on any atom is 0.422 e. The average Bonchev–Trinajstić information content (AvgIpc) is 2.34. The van der Waals surface area contributed by atoms with Crippen LogP contribution in [0.15, 0.2) is 12.2 Å². The highest BCUT2D eigenvalue weighted by Crippen LogP contribution is 2.57. The van der Waals surface area contributed by atoms with E-state index in [0.29, 0.717) is 17.8 Å². The molecule has 0 N–H and O–H groups in total. The molecular weight excluding hydrogens is 285 g/mol. The lowest BCUT2D eigenvalue weighted by Gasteiger charge is -2.56. The summed E-state index contributed by atoms with van der Waals surface area (Å²) < 4.78 is 47.2. The van der Waals surface area contributed by atoms with Gasteiger partial charge in [0.15, 0.2) is 6.79 Å². The van der Waals surface area contributed by atoms with Gasteiger partial charge in [0.2, 0.25) is 0 Å². The van der Waals surface area contributed by atoms with Crippen LogP contribution in [0.3, 0.4) is 0 Å². The predicted octanol–water partition coefficient (Wildman–Crippen LogP) is 3.59. The molecule has 0 aromatic carbocycles. The van der Waals surface area contributed by atoms with Gasteiger partial charge in [-0.1, -0.05) is 6.58 Å². The molecule has 4 saturated carbocycles. The number of rotatable bonds is 4. The maximum atomic E-state index is 12.3. The molecule has 4 aliphatic carbocycles. The van der Waals surface area contributed by atoms with Crippen LogP contribution in [-0.2, 0) is 14.3 Å². The van der Waals surface area contributed by atoms with Gasteiger partial charge in [-0.2, -0.15) is 13.2 Å². The highest BCUT2D eigenvalue weighted by molar-refractivity contribution is 5.89. The molecule has 4 rings (SSSR count). The Bertz CT molecular complexity index is 420. The standard InChI is InChI=1S/C15H19F3O3/c1-9(15(16,17)18)13(19)20-8-21-14-5-10-2-11(6-14)4-12(3-10)7-14/h10-12H,1-8H2. The second kappa shape index (κ2) is 5.00. The van der Waals surface area contributed by atoms with Gasteiger partial charge >= 0.3 is 12.1 Å². The topological polar surface area (TPSA) is 35.5 Å². The molecular formula is C15H19F3O3. The lowest BCUT2D eigenvalue weighted by atomic mass is 9.54. The summed E-state index contributed by atoms with van der Waals surface area (Å²) in [6.07, 6.45) is 1.80. The number of halogens is 3. The van der Waals surface area contributed by atoms with E-state index < -0.39 is 24.5 Å². The Balaban J connectivity index is 1.52. The van der Waals surface area contributed by atoms with Crippen LogP contribution in [0.4, 0.5) is 13.2 Å². The van der Waals surface area contributed by atoms with Gasteiger partial charge in [0.1, 0.15) is 5.57 Å². The van der Waals surface area contributed by atoms with Crippen LogP contribution in [0.2, 0.25) is 0 Å². The fourth-order valence-corrected chi connectivity index (χ4v) is 4.62. The van der Waals surface area contributed by atoms with E-state index in [1.165, 1.54) is 19.3 Å². The Morgan fingerprint density at radius 3 is 2.00 bits per heavy atom. The molecule has 0 spiro atoms. The number of esters is 1. The molecule has 3 nitrogen and oxygen atoms in total. The summed E-state index contributed by atoms with van der Waals surface area (Å²) in [6, 6.07) is 0. The van der Waals surface area contributed by atoms with Gasteiger partial charge in [0.25, 0.3) is 0 Å². The van der Waals surface area contributed by atoms with E-state index in [4.69, 9.17) is 4.74 Å². The van der Waals surface area contributed by atoms with Crippen molar-refractivity contribution in [2.75, 3.05) is 6.79 Å². The molecule has 0 amide bonds. The van der Waals surface area contributed by atoms with Crippen molar-refractivity contribution in [2.24, 2.45) is 17.8 Å². The Kier molecular flexibility index (Phi) is 3.55. The fourth-order valence-electron chi connectivity index (χ4n) is 4.62. The van der Waals surface area contributed by atoms with Crippen LogP contribution in [0, 0.1) is 17.8 Å². The molecule has 21 heavy (non-hydrogen) atoms. The van der Waals surface area contributed by atoms with Crippen molar-refractivity contribution in [1.29, 1.82) is 0 Å². The summed E-state index contributed by atoms with van der Waals surface area (Å²) in [5.74, 6) is 0.540. The first-order chi connectivity index (χ1) is 9.77. The second-order valence-electron chi connectivity index (χ2n) is 6.77. The monoisotopic (exact) mass is 304 g/mol. The van der Waals surface area contributed by atoms with E-state index in [1.807, 2.05) is 0 Å². The van der Waals surface area contributed by atoms with Crippen LogP contribution < -0.4 is 0 Å². The third kappa shape index (κ3) is 2.96. The van der Waals surface area contributed by atoms with Crippen LogP contribution in [0.5, 0.6) is 0 Å². The average molecular weight is 304 g/mol. The van der Waals surface area contributed by atoms with Crippen molar-refractivity contribution in [3.63, 3.8) is 0 Å². The minimum absolute atomic E-state index is 0.283. The van der Waals surface area contributed by atoms with Crippen LogP contribution in [0.25, 0.3) is 0 Å². The molecule has 0 unspecified atom stereocenters. The van der Waals surface area contributed by atoms with Gasteiger partial charge in [0.05, 0.1) is 5.60 Å². The molecule has 0 aromatic rings. The van der Waals surface area contributed by atoms with E-state index in [2.05, 4.69) is 11.3 Å². The first-order valence-electron chi connectivity index (χ1n) is 7.35. The van der Waals surface area contributed by atoms with Crippen LogP contribution >= 0.6 is 0 Å². The zero-order valence-electron chi connectivity index (χ0n) is 11.7. The zero-order valence-corrected chi connectivity index (χ0v) is 11.7. The van der Waals surface area contributed by atoms with Gasteiger partial charge in [-0.05, 0) is 56.3 Å². The van der Waals surface area contributed by atoms with Crippen LogP contribution in [0.1, 0.15) is 38.5 Å². The zero-order chi connectivity index (χ0) is 15.3. The Hall–Kier alpha value is -1.04. The molecule has 118 valence electrons. The molecule has 4 aliphatic rings. The normalized spacial score (nSPS) is 37.6. The predicted molar refractivity (Wildman–Crippen MR) is 68.1 cm³/mol. The van der Waals surface area contributed by atoms with E-state index in [0.717, 1.165) is 19.3 Å². The van der Waals surface area contributed by atoms with Gasteiger partial charge in [0, 0.05) is 0 Å². The largest absolute Gasteiger partial charge is 0.435 e. The second-order valence-corrected chi connectivity index (χ2v) is 6.77. The van der Waals surface area contributed by atoms with Crippen molar-refractivity contribution >= 4 is 5.97 Å². The summed E-state index contributed by atoms with van der Waals surface area (Å²) in [7, 11) is 0. The molecule has 0 heterocycles. The number of carbonyl (C=O) groups is 1. The third-order valence-corrected chi connectivity index (χ3v) is 5.13. The number of ether oxygens (including phenoxy) is 2. The number of alkyl halides is 3. The maximum absolute atomic E-state index is 12.3. The minimum Gasteiger partial charge on any atom is -0.435 e. The SMILES string of the molecule is C=C(C(=O)OCOC12CC3CC(CC(C3)C1)C2)C(F)(F)F. The number of hydrogen-bond acceptors (Lipinski definition) is 3. The van der Waals surface area contributed by atoms with Crippen molar-refractivity contribution in [1.82, 2.24) is 0 Å². The molecule has 4 bridgehead atoms. The van der Waals surface area contributed by atoms with Crippen molar-refractivity contribution in [3.05, 3.63) is 12.2 Å². The Morgan fingerprint density at radius 2 is 1.57 bits per heavy atom. The van der Waals surface area contributed by atoms with E-state index in [-0.39, 0.29) is 5.60 Å². The first kappa shape index (κ1) is 14.9. The van der Waals surface area contributed by atoms with Crippen molar-refractivity contribution in [2.45, 2.75) is 50.3 Å². The summed E-state index contributed by atoms with van der Waals surface area (Å²) in [5.41, 5.74) is -1.77. The van der Waals surface area contributed by atoms with Crippen LogP contribution in [-0.4, -0.2) is 24.5 Å². The molecule has 0 aromatic heterocycles. The number of carbonyl (C=O) groups excluding carboxylic acids is 1. The van der Waals surface area contributed by atoms with Gasteiger partial charge in [-0.25, -0.2) is 4.79 Å². The summed E-state index contributed by atoms with van der Waals surface area (Å²) in [4.78, 5) is 11.3. The highest BCUT2D eigenvalue weighted by atomic mass is 19.4. The van der Waals surface area contributed by atoms with Crippen molar-refractivity contribution < 1.29 is 27.4 Å². The lowest BCUT2D eigenvalue weighted by Crippen LogP contribution is -2.52. The van der Waals surface area contributed by atoms with Gasteiger partial charge in [-0.3, -0.25) is 0 Å². The molecule has 0 aliphatic heterocycles. The summed E-state index contributed by atoms with van der Waals surface area (Å²) >= 11 is 0. The Labute approximate surface area is 121 Å². The fraction of sp³-hybridized carbons (Fsp3) is 0.800. The molecule has 0 saturated heterocycles. The Morgan fingerprint density at radius 1 is 1.10 bits per heavy atom. The quantitative estimate of drug-likeness (QED) is 0.452. The third-order valence-electron chi connectivity index (χ3n) is 5.13. The smallest absolute Gasteiger partial charge is 0.422 e. The summed E-state index contributed by atoms with van der Waals surface area (Å²) in [6.45, 7) is 2.30. The molecule has 6 heteroatoms. The number of hydrogen-bond donors (Lipinski definition) is 0. The van der Waals surface area contributed by atoms with E-state index in [9.17, 15) is 18.0 Å². The lowest BCUT2D eigenvalue weighted by molar-refractivity contribution is -0.210. The van der Waals surface area contributed by atoms with Gasteiger partial charge < -0.3 is 9.47 Å². The van der Waals surface area contributed by atoms with E-state index >= 15 is 0 Å². The first-order valence-corrected chi connectivity index (χ1v) is 7.35. The highest BCUT2D eigenvalue weighted by Gasteiger charge is 2.52. The minimum atomic E-state index is -4.75. The molecule has 0 radical (unpaired) electrons.